The molecule has 1 N–H and O–H groups in total. The minimum absolute atomic E-state index is 0.122. The molecule has 2 fully saturated rings. The van der Waals surface area contributed by atoms with Crippen molar-refractivity contribution in [3.63, 3.8) is 0 Å². The smallest absolute Gasteiger partial charge is 0.253 e. The summed E-state index contributed by atoms with van der Waals surface area (Å²) in [4.78, 5) is 14.6. The number of carbonyl (C=O) groups excluding carboxylic acids is 1. The van der Waals surface area contributed by atoms with Gasteiger partial charge in [0.2, 0.25) is 0 Å². The number of hydrogen-bond donors (Lipinski definition) is 1. The molecule has 0 aliphatic carbocycles. The fraction of sp³-hybridized carbons (Fsp3) is 0.562. The summed E-state index contributed by atoms with van der Waals surface area (Å²) in [6.07, 6.45) is 4.80. The SMILES string of the molecule is O=C(c1cccc(Cl)c1)N1CCCC2(CCCNC2)C1. The first-order valence-electron chi connectivity index (χ1n) is 7.44. The number of nitrogens with one attached hydrogen (secondary N) is 1. The molecule has 1 aromatic carbocycles. The van der Waals surface area contributed by atoms with Gasteiger partial charge in [-0.25, -0.2) is 0 Å². The molecule has 1 aromatic rings. The second-order valence-electron chi connectivity index (χ2n) is 6.12. The normalized spacial score (nSPS) is 26.8. The van der Waals surface area contributed by atoms with Crippen molar-refractivity contribution in [1.29, 1.82) is 0 Å². The van der Waals surface area contributed by atoms with Gasteiger partial charge >= 0.3 is 0 Å². The maximum absolute atomic E-state index is 12.6. The molecule has 2 saturated heterocycles. The number of hydrogen-bond acceptors (Lipinski definition) is 2. The lowest BCUT2D eigenvalue weighted by Crippen LogP contribution is -2.52. The maximum atomic E-state index is 12.6. The van der Waals surface area contributed by atoms with Gasteiger partial charge in [-0.1, -0.05) is 17.7 Å². The van der Waals surface area contributed by atoms with Crippen LogP contribution >= 0.6 is 11.6 Å². The summed E-state index contributed by atoms with van der Waals surface area (Å²) < 4.78 is 0. The van der Waals surface area contributed by atoms with Gasteiger partial charge in [0, 0.05) is 35.6 Å². The van der Waals surface area contributed by atoms with E-state index in [0.29, 0.717) is 16.0 Å². The number of amides is 1. The summed E-state index contributed by atoms with van der Waals surface area (Å²) in [7, 11) is 0. The van der Waals surface area contributed by atoms with E-state index in [0.717, 1.165) is 32.6 Å². The average molecular weight is 293 g/mol. The van der Waals surface area contributed by atoms with E-state index in [-0.39, 0.29) is 5.91 Å². The van der Waals surface area contributed by atoms with Crippen LogP contribution < -0.4 is 5.32 Å². The standard InChI is InChI=1S/C16H21ClN2O/c17-14-5-1-4-13(10-14)15(20)19-9-3-7-16(12-19)6-2-8-18-11-16/h1,4-5,10,18H,2-3,6-9,11-12H2. The summed E-state index contributed by atoms with van der Waals surface area (Å²) >= 11 is 5.99. The van der Waals surface area contributed by atoms with Crippen molar-refractivity contribution in [2.45, 2.75) is 25.7 Å². The monoisotopic (exact) mass is 292 g/mol. The highest BCUT2D eigenvalue weighted by atomic mass is 35.5. The average Bonchev–Trinajstić information content (AvgIpc) is 2.47. The van der Waals surface area contributed by atoms with Crippen LogP contribution in [0.3, 0.4) is 0 Å². The lowest BCUT2D eigenvalue weighted by molar-refractivity contribution is 0.0434. The van der Waals surface area contributed by atoms with E-state index < -0.39 is 0 Å². The van der Waals surface area contributed by atoms with Crippen LogP contribution in [0.5, 0.6) is 0 Å². The van der Waals surface area contributed by atoms with E-state index in [1.54, 1.807) is 12.1 Å². The van der Waals surface area contributed by atoms with Crippen molar-refractivity contribution >= 4 is 17.5 Å². The second-order valence-corrected chi connectivity index (χ2v) is 6.56. The molecule has 2 aliphatic heterocycles. The van der Waals surface area contributed by atoms with Crippen molar-refractivity contribution in [2.24, 2.45) is 5.41 Å². The highest BCUT2D eigenvalue weighted by Gasteiger charge is 2.38. The molecule has 0 bridgehead atoms. The Labute approximate surface area is 125 Å². The van der Waals surface area contributed by atoms with Crippen LogP contribution in [0, 0.1) is 5.41 Å². The van der Waals surface area contributed by atoms with Gasteiger partial charge in [-0.15, -0.1) is 0 Å². The zero-order valence-electron chi connectivity index (χ0n) is 11.7. The van der Waals surface area contributed by atoms with E-state index in [1.807, 2.05) is 17.0 Å². The molecule has 2 aliphatic rings. The third kappa shape index (κ3) is 2.84. The van der Waals surface area contributed by atoms with E-state index in [4.69, 9.17) is 11.6 Å². The van der Waals surface area contributed by atoms with Crippen molar-refractivity contribution in [3.8, 4) is 0 Å². The lowest BCUT2D eigenvalue weighted by Gasteiger charge is -2.45. The molecule has 0 aromatic heterocycles. The minimum atomic E-state index is 0.122. The maximum Gasteiger partial charge on any atom is 0.253 e. The number of benzene rings is 1. The van der Waals surface area contributed by atoms with Crippen LogP contribution in [0.15, 0.2) is 24.3 Å². The number of carbonyl (C=O) groups is 1. The first-order valence-corrected chi connectivity index (χ1v) is 7.82. The van der Waals surface area contributed by atoms with E-state index in [9.17, 15) is 4.79 Å². The predicted molar refractivity (Wildman–Crippen MR) is 81.1 cm³/mol. The summed E-state index contributed by atoms with van der Waals surface area (Å²) in [5, 5.41) is 4.12. The molecule has 1 unspecified atom stereocenters. The van der Waals surface area contributed by atoms with Crippen molar-refractivity contribution in [3.05, 3.63) is 34.9 Å². The Morgan fingerprint density at radius 1 is 1.30 bits per heavy atom. The van der Waals surface area contributed by atoms with Crippen LogP contribution in [-0.2, 0) is 0 Å². The second kappa shape index (κ2) is 5.74. The van der Waals surface area contributed by atoms with Gasteiger partial charge in [0.05, 0.1) is 0 Å². The van der Waals surface area contributed by atoms with Crippen molar-refractivity contribution in [2.75, 3.05) is 26.2 Å². The van der Waals surface area contributed by atoms with E-state index in [2.05, 4.69) is 5.32 Å². The van der Waals surface area contributed by atoms with Gasteiger partial charge < -0.3 is 10.2 Å². The topological polar surface area (TPSA) is 32.3 Å². The van der Waals surface area contributed by atoms with Gasteiger partial charge in [-0.2, -0.15) is 0 Å². The van der Waals surface area contributed by atoms with E-state index >= 15 is 0 Å². The summed E-state index contributed by atoms with van der Waals surface area (Å²) in [6, 6.07) is 7.28. The molecule has 1 atom stereocenters. The molecular formula is C16H21ClN2O. The molecule has 3 rings (SSSR count). The summed E-state index contributed by atoms with van der Waals surface area (Å²) in [5.41, 5.74) is 1.00. The van der Waals surface area contributed by atoms with Gasteiger partial charge in [-0.05, 0) is 50.4 Å². The molecule has 0 radical (unpaired) electrons. The lowest BCUT2D eigenvalue weighted by atomic mass is 9.74. The van der Waals surface area contributed by atoms with E-state index in [1.165, 1.54) is 19.3 Å². The number of piperidine rings is 2. The van der Waals surface area contributed by atoms with Crippen molar-refractivity contribution < 1.29 is 4.79 Å². The fourth-order valence-electron chi connectivity index (χ4n) is 3.56. The number of nitrogens with zero attached hydrogens (tertiary/aromatic N) is 1. The molecule has 108 valence electrons. The largest absolute Gasteiger partial charge is 0.338 e. The van der Waals surface area contributed by atoms with Gasteiger partial charge in [0.15, 0.2) is 0 Å². The zero-order chi connectivity index (χ0) is 14.0. The summed E-state index contributed by atoms with van der Waals surface area (Å²) in [6.45, 7) is 3.91. The Balaban J connectivity index is 1.74. The molecule has 20 heavy (non-hydrogen) atoms. The molecule has 0 saturated carbocycles. The molecule has 1 amide bonds. The third-order valence-corrected chi connectivity index (χ3v) is 4.82. The van der Waals surface area contributed by atoms with Crippen molar-refractivity contribution in [1.82, 2.24) is 10.2 Å². The third-order valence-electron chi connectivity index (χ3n) is 4.58. The van der Waals surface area contributed by atoms with Crippen LogP contribution in [0.1, 0.15) is 36.0 Å². The highest BCUT2D eigenvalue weighted by molar-refractivity contribution is 6.30. The van der Waals surface area contributed by atoms with Gasteiger partial charge in [0.25, 0.3) is 5.91 Å². The fourth-order valence-corrected chi connectivity index (χ4v) is 3.75. The number of likely N-dealkylation sites (tertiary alicyclic amines) is 1. The molecule has 4 heteroatoms. The molecular weight excluding hydrogens is 272 g/mol. The van der Waals surface area contributed by atoms with Crippen LogP contribution in [0.2, 0.25) is 5.02 Å². The first kappa shape index (κ1) is 13.9. The Morgan fingerprint density at radius 3 is 2.90 bits per heavy atom. The number of rotatable bonds is 1. The Kier molecular flexibility index (Phi) is 3.99. The van der Waals surface area contributed by atoms with Gasteiger partial charge in [-0.3, -0.25) is 4.79 Å². The minimum Gasteiger partial charge on any atom is -0.338 e. The van der Waals surface area contributed by atoms with Crippen LogP contribution in [0.4, 0.5) is 0 Å². The molecule has 3 nitrogen and oxygen atoms in total. The van der Waals surface area contributed by atoms with Gasteiger partial charge in [0.1, 0.15) is 0 Å². The highest BCUT2D eigenvalue weighted by Crippen LogP contribution is 2.36. The Morgan fingerprint density at radius 2 is 2.15 bits per heavy atom. The number of halogens is 1. The summed E-state index contributed by atoms with van der Waals surface area (Å²) in [5.74, 6) is 0.122. The quantitative estimate of drug-likeness (QED) is 0.863. The Hall–Kier alpha value is -1.06. The molecule has 1 spiro atoms. The zero-order valence-corrected chi connectivity index (χ0v) is 12.5. The molecule has 2 heterocycles. The van der Waals surface area contributed by atoms with Crippen LogP contribution in [-0.4, -0.2) is 37.0 Å². The predicted octanol–water partition coefficient (Wildman–Crippen LogP) is 2.95. The van der Waals surface area contributed by atoms with Crippen LogP contribution in [0.25, 0.3) is 0 Å². The first-order chi connectivity index (χ1) is 9.69. The Bertz CT molecular complexity index is 491.